The zero-order chi connectivity index (χ0) is 10.6. The lowest BCUT2D eigenvalue weighted by Gasteiger charge is -2.20. The number of carbonyl (C=O) groups excluding carboxylic acids is 1. The average molecular weight is 200 g/mol. The lowest BCUT2D eigenvalue weighted by atomic mass is 10.3. The highest BCUT2D eigenvalue weighted by Crippen LogP contribution is 2.07. The number of carbonyl (C=O) groups is 2. The maximum absolute atomic E-state index is 10.8. The second-order valence-corrected chi connectivity index (χ2v) is 3.69. The molecule has 0 aromatic carbocycles. The van der Waals surface area contributed by atoms with Crippen molar-refractivity contribution in [3.05, 3.63) is 0 Å². The molecule has 0 spiro atoms. The fraction of sp³-hybridized carbons (Fsp3) is 0.778. The molecule has 1 aliphatic heterocycles. The molecule has 2 N–H and O–H groups in total. The molecule has 1 rings (SSSR count). The van der Waals surface area contributed by atoms with Crippen LogP contribution in [0.5, 0.6) is 0 Å². The summed E-state index contributed by atoms with van der Waals surface area (Å²) in [7, 11) is 0. The Morgan fingerprint density at radius 2 is 2.00 bits per heavy atom. The molecule has 1 aliphatic rings. The SMILES string of the molecule is CC(CN1CCCC1)NC(=O)C(=O)O. The highest BCUT2D eigenvalue weighted by molar-refractivity contribution is 6.31. The van der Waals surface area contributed by atoms with Crippen molar-refractivity contribution in [3.63, 3.8) is 0 Å². The number of nitrogens with zero attached hydrogens (tertiary/aromatic N) is 1. The van der Waals surface area contributed by atoms with Crippen molar-refractivity contribution in [1.82, 2.24) is 10.2 Å². The molecule has 80 valence electrons. The second kappa shape index (κ2) is 4.95. The van der Waals surface area contributed by atoms with Crippen LogP contribution in [0.25, 0.3) is 0 Å². The molecule has 14 heavy (non-hydrogen) atoms. The molecule has 0 aromatic heterocycles. The molecule has 1 fully saturated rings. The predicted octanol–water partition coefficient (Wildman–Crippen LogP) is -0.328. The van der Waals surface area contributed by atoms with Crippen LogP contribution in [0.4, 0.5) is 0 Å². The van der Waals surface area contributed by atoms with Gasteiger partial charge in [0, 0.05) is 12.6 Å². The number of hydrogen-bond acceptors (Lipinski definition) is 3. The summed E-state index contributed by atoms with van der Waals surface area (Å²) in [6.07, 6.45) is 2.39. The second-order valence-electron chi connectivity index (χ2n) is 3.69. The Bertz CT molecular complexity index is 224. The molecule has 5 nitrogen and oxygen atoms in total. The summed E-state index contributed by atoms with van der Waals surface area (Å²) in [5.41, 5.74) is 0. The Balaban J connectivity index is 2.24. The Morgan fingerprint density at radius 1 is 1.43 bits per heavy atom. The van der Waals surface area contributed by atoms with E-state index in [0.29, 0.717) is 0 Å². The van der Waals surface area contributed by atoms with Crippen LogP contribution in [-0.4, -0.2) is 47.6 Å². The van der Waals surface area contributed by atoms with Gasteiger partial charge in [0.25, 0.3) is 0 Å². The first-order chi connectivity index (χ1) is 6.59. The molecule has 0 aromatic rings. The summed E-state index contributed by atoms with van der Waals surface area (Å²) in [6, 6.07) is -0.100. The van der Waals surface area contributed by atoms with E-state index < -0.39 is 11.9 Å². The van der Waals surface area contributed by atoms with Crippen molar-refractivity contribution in [1.29, 1.82) is 0 Å². The smallest absolute Gasteiger partial charge is 0.394 e. The number of amides is 1. The monoisotopic (exact) mass is 200 g/mol. The lowest BCUT2D eigenvalue weighted by Crippen LogP contribution is -2.43. The summed E-state index contributed by atoms with van der Waals surface area (Å²) in [6.45, 7) is 4.65. The van der Waals surface area contributed by atoms with Crippen LogP contribution in [0.3, 0.4) is 0 Å². The third-order valence-corrected chi connectivity index (χ3v) is 2.30. The molecule has 1 heterocycles. The van der Waals surface area contributed by atoms with Crippen LogP contribution in [0, 0.1) is 0 Å². The molecule has 0 saturated carbocycles. The van der Waals surface area contributed by atoms with Crippen LogP contribution in [0.2, 0.25) is 0 Å². The summed E-state index contributed by atoms with van der Waals surface area (Å²) in [5, 5.41) is 10.8. The normalized spacial score (nSPS) is 19.2. The number of nitrogens with one attached hydrogen (secondary N) is 1. The van der Waals surface area contributed by atoms with Crippen LogP contribution in [0.15, 0.2) is 0 Å². The van der Waals surface area contributed by atoms with Gasteiger partial charge < -0.3 is 15.3 Å². The fourth-order valence-electron chi connectivity index (χ4n) is 1.68. The van der Waals surface area contributed by atoms with Gasteiger partial charge in [0.15, 0.2) is 0 Å². The van der Waals surface area contributed by atoms with Crippen molar-refractivity contribution in [2.45, 2.75) is 25.8 Å². The number of rotatable bonds is 3. The van der Waals surface area contributed by atoms with Crippen LogP contribution >= 0.6 is 0 Å². The number of aliphatic carboxylic acids is 1. The van der Waals surface area contributed by atoms with E-state index in [0.717, 1.165) is 19.6 Å². The van der Waals surface area contributed by atoms with Crippen molar-refractivity contribution in [2.24, 2.45) is 0 Å². The van der Waals surface area contributed by atoms with Gasteiger partial charge in [0.1, 0.15) is 0 Å². The van der Waals surface area contributed by atoms with E-state index in [4.69, 9.17) is 5.11 Å². The molecule has 1 amide bonds. The third kappa shape index (κ3) is 3.33. The van der Waals surface area contributed by atoms with Crippen LogP contribution in [0.1, 0.15) is 19.8 Å². The van der Waals surface area contributed by atoms with E-state index in [1.54, 1.807) is 0 Å². The van der Waals surface area contributed by atoms with Crippen LogP contribution in [-0.2, 0) is 9.59 Å². The van der Waals surface area contributed by atoms with Gasteiger partial charge in [-0.05, 0) is 32.9 Å². The van der Waals surface area contributed by atoms with Crippen LogP contribution < -0.4 is 5.32 Å². The van der Waals surface area contributed by atoms with E-state index in [-0.39, 0.29) is 6.04 Å². The predicted molar refractivity (Wildman–Crippen MR) is 50.9 cm³/mol. The Kier molecular flexibility index (Phi) is 3.88. The minimum absolute atomic E-state index is 0.100. The zero-order valence-corrected chi connectivity index (χ0v) is 8.32. The number of carboxylic acids is 1. The van der Waals surface area contributed by atoms with Gasteiger partial charge in [-0.2, -0.15) is 0 Å². The Morgan fingerprint density at radius 3 is 2.50 bits per heavy atom. The van der Waals surface area contributed by atoms with Gasteiger partial charge in [-0.1, -0.05) is 0 Å². The van der Waals surface area contributed by atoms with E-state index in [1.807, 2.05) is 6.92 Å². The van der Waals surface area contributed by atoms with E-state index in [9.17, 15) is 9.59 Å². The van der Waals surface area contributed by atoms with Gasteiger partial charge in [-0.15, -0.1) is 0 Å². The minimum atomic E-state index is -1.42. The zero-order valence-electron chi connectivity index (χ0n) is 8.32. The maximum atomic E-state index is 10.8. The third-order valence-electron chi connectivity index (χ3n) is 2.30. The molecule has 5 heteroatoms. The minimum Gasteiger partial charge on any atom is -0.474 e. The molecule has 0 aliphatic carbocycles. The van der Waals surface area contributed by atoms with Crippen molar-refractivity contribution in [3.8, 4) is 0 Å². The van der Waals surface area contributed by atoms with Crippen molar-refractivity contribution >= 4 is 11.9 Å². The Hall–Kier alpha value is -1.10. The van der Waals surface area contributed by atoms with Crippen molar-refractivity contribution < 1.29 is 14.7 Å². The summed E-state index contributed by atoms with van der Waals surface area (Å²) in [4.78, 5) is 23.3. The quantitative estimate of drug-likeness (QED) is 0.612. The van der Waals surface area contributed by atoms with Gasteiger partial charge >= 0.3 is 11.9 Å². The molecule has 1 saturated heterocycles. The van der Waals surface area contributed by atoms with E-state index in [1.165, 1.54) is 12.8 Å². The highest BCUT2D eigenvalue weighted by Gasteiger charge is 2.18. The molecule has 1 unspecified atom stereocenters. The van der Waals surface area contributed by atoms with E-state index >= 15 is 0 Å². The average Bonchev–Trinajstić information content (AvgIpc) is 2.56. The molecule has 0 radical (unpaired) electrons. The van der Waals surface area contributed by atoms with Gasteiger partial charge in [-0.3, -0.25) is 4.79 Å². The number of likely N-dealkylation sites (tertiary alicyclic amines) is 1. The first-order valence-electron chi connectivity index (χ1n) is 4.85. The van der Waals surface area contributed by atoms with Gasteiger partial charge in [0.2, 0.25) is 0 Å². The first-order valence-corrected chi connectivity index (χ1v) is 4.85. The summed E-state index contributed by atoms with van der Waals surface area (Å²) >= 11 is 0. The fourth-order valence-corrected chi connectivity index (χ4v) is 1.68. The molecule has 0 bridgehead atoms. The number of hydrogen-bond donors (Lipinski definition) is 2. The maximum Gasteiger partial charge on any atom is 0.394 e. The largest absolute Gasteiger partial charge is 0.474 e. The first kappa shape index (κ1) is 11.0. The van der Waals surface area contributed by atoms with Gasteiger partial charge in [-0.25, -0.2) is 4.79 Å². The van der Waals surface area contributed by atoms with Gasteiger partial charge in [0.05, 0.1) is 0 Å². The van der Waals surface area contributed by atoms with E-state index in [2.05, 4.69) is 10.2 Å². The Labute approximate surface area is 83.1 Å². The summed E-state index contributed by atoms with van der Waals surface area (Å²) in [5.74, 6) is -2.34. The summed E-state index contributed by atoms with van der Waals surface area (Å²) < 4.78 is 0. The van der Waals surface area contributed by atoms with Crippen molar-refractivity contribution in [2.75, 3.05) is 19.6 Å². The molecular weight excluding hydrogens is 184 g/mol. The standard InChI is InChI=1S/C9H16N2O3/c1-7(10-8(12)9(13)14)6-11-4-2-3-5-11/h7H,2-6H2,1H3,(H,10,12)(H,13,14). The lowest BCUT2D eigenvalue weighted by molar-refractivity contribution is -0.150. The molecule has 1 atom stereocenters. The highest BCUT2D eigenvalue weighted by atomic mass is 16.4. The topological polar surface area (TPSA) is 69.6 Å². The number of carboxylic acid groups (broad SMARTS) is 1. The molecular formula is C9H16N2O3.